The van der Waals surface area contributed by atoms with Crippen molar-refractivity contribution in [2.24, 2.45) is 5.73 Å². The fraction of sp³-hybridized carbons (Fsp3) is 0.231. The van der Waals surface area contributed by atoms with Gasteiger partial charge in [0.2, 0.25) is 0 Å². The van der Waals surface area contributed by atoms with E-state index >= 15 is 0 Å². The van der Waals surface area contributed by atoms with E-state index < -0.39 is 0 Å². The first-order chi connectivity index (χ1) is 15.6. The van der Waals surface area contributed by atoms with Crippen LogP contribution >= 0.6 is 0 Å². The lowest BCUT2D eigenvalue weighted by atomic mass is 10.0. The van der Waals surface area contributed by atoms with Crippen molar-refractivity contribution in [1.82, 2.24) is 4.98 Å². The standard InChI is InChI=1S/C26H26N2O4/c1-3-30-25(29)14-21-10-17(2)4-5-24(21)32-16-18-11-20-7-9-31-26(20)23(12-18)19-6-8-28-22(13-19)15-27/h4-13H,3,14-16,27H2,1-2H3. The molecule has 0 saturated heterocycles. The van der Waals surface area contributed by atoms with Crippen LogP contribution in [-0.2, 0) is 29.1 Å². The highest BCUT2D eigenvalue weighted by Gasteiger charge is 2.13. The molecule has 164 valence electrons. The van der Waals surface area contributed by atoms with Gasteiger partial charge in [0.15, 0.2) is 0 Å². The molecule has 6 nitrogen and oxygen atoms in total. The van der Waals surface area contributed by atoms with E-state index in [9.17, 15) is 4.79 Å². The normalized spacial score (nSPS) is 11.0. The van der Waals surface area contributed by atoms with Gasteiger partial charge in [0.1, 0.15) is 17.9 Å². The summed E-state index contributed by atoms with van der Waals surface area (Å²) >= 11 is 0. The third kappa shape index (κ3) is 4.81. The summed E-state index contributed by atoms with van der Waals surface area (Å²) in [7, 11) is 0. The molecule has 0 aliphatic carbocycles. The molecule has 2 aromatic heterocycles. The second-order valence-electron chi connectivity index (χ2n) is 7.60. The van der Waals surface area contributed by atoms with Crippen molar-refractivity contribution in [2.45, 2.75) is 33.4 Å². The van der Waals surface area contributed by atoms with Crippen LogP contribution in [0.15, 0.2) is 65.4 Å². The molecule has 0 saturated carbocycles. The van der Waals surface area contributed by atoms with E-state index in [-0.39, 0.29) is 12.4 Å². The van der Waals surface area contributed by atoms with E-state index in [4.69, 9.17) is 19.6 Å². The van der Waals surface area contributed by atoms with Gasteiger partial charge in [-0.05, 0) is 61.4 Å². The maximum Gasteiger partial charge on any atom is 0.310 e. The molecule has 0 aliphatic heterocycles. The number of carbonyl (C=O) groups excluding carboxylic acids is 1. The van der Waals surface area contributed by atoms with Gasteiger partial charge in [-0.2, -0.15) is 0 Å². The number of benzene rings is 2. The van der Waals surface area contributed by atoms with Crippen molar-refractivity contribution < 1.29 is 18.7 Å². The lowest BCUT2D eigenvalue weighted by molar-refractivity contribution is -0.142. The van der Waals surface area contributed by atoms with Crippen molar-refractivity contribution >= 4 is 16.9 Å². The summed E-state index contributed by atoms with van der Waals surface area (Å²) in [6.45, 7) is 4.86. The van der Waals surface area contributed by atoms with Gasteiger partial charge >= 0.3 is 5.97 Å². The van der Waals surface area contributed by atoms with Gasteiger partial charge in [0, 0.05) is 29.3 Å². The second kappa shape index (κ2) is 9.66. The lowest BCUT2D eigenvalue weighted by Crippen LogP contribution is -2.09. The minimum Gasteiger partial charge on any atom is -0.489 e. The number of pyridine rings is 1. The largest absolute Gasteiger partial charge is 0.489 e. The van der Waals surface area contributed by atoms with Crippen molar-refractivity contribution in [3.05, 3.63) is 83.4 Å². The highest BCUT2D eigenvalue weighted by Crippen LogP contribution is 2.32. The molecule has 4 rings (SSSR count). The van der Waals surface area contributed by atoms with Crippen LogP contribution in [0.5, 0.6) is 5.75 Å². The number of hydrogen-bond acceptors (Lipinski definition) is 6. The zero-order chi connectivity index (χ0) is 22.5. The molecule has 2 N–H and O–H groups in total. The molecule has 0 radical (unpaired) electrons. The Morgan fingerprint density at radius 1 is 1.12 bits per heavy atom. The van der Waals surface area contributed by atoms with E-state index in [0.29, 0.717) is 25.5 Å². The van der Waals surface area contributed by atoms with Gasteiger partial charge in [0.25, 0.3) is 0 Å². The lowest BCUT2D eigenvalue weighted by Gasteiger charge is -2.13. The summed E-state index contributed by atoms with van der Waals surface area (Å²) in [5.41, 5.74) is 12.2. The predicted molar refractivity (Wildman–Crippen MR) is 123 cm³/mol. The Hall–Kier alpha value is -3.64. The molecule has 0 bridgehead atoms. The maximum atomic E-state index is 12.0. The molecule has 32 heavy (non-hydrogen) atoms. The van der Waals surface area contributed by atoms with Crippen LogP contribution < -0.4 is 10.5 Å². The number of aryl methyl sites for hydroxylation is 1. The molecule has 0 amide bonds. The van der Waals surface area contributed by atoms with Crippen LogP contribution in [0.25, 0.3) is 22.1 Å². The summed E-state index contributed by atoms with van der Waals surface area (Å²) in [5.74, 6) is 0.408. The Kier molecular flexibility index (Phi) is 6.52. The number of esters is 1. The van der Waals surface area contributed by atoms with Crippen LogP contribution in [0.4, 0.5) is 0 Å². The van der Waals surface area contributed by atoms with E-state index in [1.807, 2.05) is 49.4 Å². The number of nitrogens with two attached hydrogens (primary N) is 1. The summed E-state index contributed by atoms with van der Waals surface area (Å²) in [6.07, 6.45) is 3.61. The number of nitrogens with zero attached hydrogens (tertiary/aromatic N) is 1. The topological polar surface area (TPSA) is 87.6 Å². The number of ether oxygens (including phenoxy) is 2. The molecule has 0 aliphatic rings. The molecule has 4 aromatic rings. The third-order valence-electron chi connectivity index (χ3n) is 5.20. The zero-order valence-electron chi connectivity index (χ0n) is 18.3. The zero-order valence-corrected chi connectivity index (χ0v) is 18.3. The first-order valence-electron chi connectivity index (χ1n) is 10.6. The van der Waals surface area contributed by atoms with Crippen LogP contribution in [0.3, 0.4) is 0 Å². The predicted octanol–water partition coefficient (Wildman–Crippen LogP) is 4.95. The van der Waals surface area contributed by atoms with Crippen molar-refractivity contribution in [1.29, 1.82) is 0 Å². The monoisotopic (exact) mass is 430 g/mol. The summed E-state index contributed by atoms with van der Waals surface area (Å²) < 4.78 is 17.0. The van der Waals surface area contributed by atoms with Gasteiger partial charge in [-0.15, -0.1) is 0 Å². The van der Waals surface area contributed by atoms with Gasteiger partial charge in [-0.1, -0.05) is 17.7 Å². The van der Waals surface area contributed by atoms with Crippen LogP contribution in [0.2, 0.25) is 0 Å². The second-order valence-corrected chi connectivity index (χ2v) is 7.60. The highest BCUT2D eigenvalue weighted by molar-refractivity contribution is 5.93. The first kappa shape index (κ1) is 21.6. The fourth-order valence-corrected chi connectivity index (χ4v) is 3.71. The van der Waals surface area contributed by atoms with Gasteiger partial charge in [-0.3, -0.25) is 9.78 Å². The molecular formula is C26H26N2O4. The number of aromatic nitrogens is 1. The molecule has 0 atom stereocenters. The Labute approximate surface area is 187 Å². The Balaban J connectivity index is 1.63. The third-order valence-corrected chi connectivity index (χ3v) is 5.20. The first-order valence-corrected chi connectivity index (χ1v) is 10.6. The van der Waals surface area contributed by atoms with Crippen molar-refractivity contribution in [2.75, 3.05) is 6.61 Å². The smallest absolute Gasteiger partial charge is 0.310 e. The minimum absolute atomic E-state index is 0.176. The quantitative estimate of drug-likeness (QED) is 0.398. The molecule has 0 unspecified atom stereocenters. The highest BCUT2D eigenvalue weighted by atomic mass is 16.5. The molecule has 0 fully saturated rings. The number of furan rings is 1. The fourth-order valence-electron chi connectivity index (χ4n) is 3.71. The van der Waals surface area contributed by atoms with Crippen LogP contribution in [-0.4, -0.2) is 17.6 Å². The van der Waals surface area contributed by atoms with Gasteiger partial charge < -0.3 is 19.6 Å². The summed E-state index contributed by atoms with van der Waals surface area (Å²) in [4.78, 5) is 16.3. The van der Waals surface area contributed by atoms with E-state index in [1.54, 1.807) is 19.4 Å². The van der Waals surface area contributed by atoms with Crippen LogP contribution in [0.1, 0.15) is 29.3 Å². The van der Waals surface area contributed by atoms with E-state index in [0.717, 1.165) is 44.5 Å². The number of rotatable bonds is 8. The van der Waals surface area contributed by atoms with E-state index in [2.05, 4.69) is 11.1 Å². The Morgan fingerprint density at radius 2 is 2.00 bits per heavy atom. The molecule has 0 spiro atoms. The van der Waals surface area contributed by atoms with Crippen molar-refractivity contribution in [3.8, 4) is 16.9 Å². The number of fused-ring (bicyclic) bond motifs is 1. The van der Waals surface area contributed by atoms with Gasteiger partial charge in [-0.25, -0.2) is 0 Å². The maximum absolute atomic E-state index is 12.0. The molecule has 2 heterocycles. The Morgan fingerprint density at radius 3 is 2.81 bits per heavy atom. The van der Waals surface area contributed by atoms with Gasteiger partial charge in [0.05, 0.1) is 25.0 Å². The van der Waals surface area contributed by atoms with E-state index in [1.165, 1.54) is 0 Å². The molecule has 6 heteroatoms. The minimum atomic E-state index is -0.265. The SMILES string of the molecule is CCOC(=O)Cc1cc(C)ccc1OCc1cc(-c2ccnc(CN)c2)c2occc2c1. The Bertz CT molecular complexity index is 1250. The average Bonchev–Trinajstić information content (AvgIpc) is 3.27. The molecular weight excluding hydrogens is 404 g/mol. The average molecular weight is 431 g/mol. The number of hydrogen-bond donors (Lipinski definition) is 1. The summed E-state index contributed by atoms with van der Waals surface area (Å²) in [6, 6.07) is 15.8. The molecule has 2 aromatic carbocycles. The van der Waals surface area contributed by atoms with Crippen LogP contribution in [0, 0.1) is 6.92 Å². The summed E-state index contributed by atoms with van der Waals surface area (Å²) in [5, 5.41) is 0.989. The van der Waals surface area contributed by atoms with Crippen molar-refractivity contribution in [3.63, 3.8) is 0 Å². The number of carbonyl (C=O) groups is 1.